The van der Waals surface area contributed by atoms with Crippen LogP contribution in [0.1, 0.15) is 37.0 Å². The van der Waals surface area contributed by atoms with E-state index in [1.54, 1.807) is 13.8 Å². The van der Waals surface area contributed by atoms with E-state index < -0.39 is 17.8 Å². The molecule has 0 saturated carbocycles. The van der Waals surface area contributed by atoms with Crippen LogP contribution in [0.4, 0.5) is 5.69 Å². The summed E-state index contributed by atoms with van der Waals surface area (Å²) in [5.41, 5.74) is 0.641. The number of aromatic carboxylic acids is 1. The largest absolute Gasteiger partial charge is 0.478 e. The maximum Gasteiger partial charge on any atom is 0.335 e. The van der Waals surface area contributed by atoms with Gasteiger partial charge in [-0.25, -0.2) is 4.79 Å². The van der Waals surface area contributed by atoms with Crippen LogP contribution in [0.25, 0.3) is 0 Å². The zero-order valence-corrected chi connectivity index (χ0v) is 13.7. The van der Waals surface area contributed by atoms with Gasteiger partial charge < -0.3 is 15.2 Å². The molecule has 1 amide bonds. The highest BCUT2D eigenvalue weighted by molar-refractivity contribution is 5.96. The van der Waals surface area contributed by atoms with Gasteiger partial charge in [-0.05, 0) is 51.0 Å². The molecule has 0 heterocycles. The Kier molecular flexibility index (Phi) is 5.73. The number of allylic oxidation sites excluding steroid dienone is 2. The fourth-order valence-electron chi connectivity index (χ4n) is 2.62. The molecule has 2 N–H and O–H groups in total. The van der Waals surface area contributed by atoms with Crippen molar-refractivity contribution >= 4 is 23.5 Å². The van der Waals surface area contributed by atoms with E-state index in [1.807, 2.05) is 12.2 Å². The average Bonchev–Trinajstić information content (AvgIpc) is 2.54. The molecule has 1 aromatic carbocycles. The number of ether oxygens (including phenoxy) is 1. The lowest BCUT2D eigenvalue weighted by Gasteiger charge is -2.26. The molecule has 24 heavy (non-hydrogen) atoms. The van der Waals surface area contributed by atoms with Crippen LogP contribution in [0.15, 0.2) is 36.4 Å². The number of nitrogens with one attached hydrogen (secondary N) is 1. The highest BCUT2D eigenvalue weighted by Gasteiger charge is 2.35. The number of amides is 1. The van der Waals surface area contributed by atoms with E-state index in [1.165, 1.54) is 24.3 Å². The first-order chi connectivity index (χ1) is 11.4. The molecule has 0 fully saturated rings. The molecular formula is C18H21NO5. The third kappa shape index (κ3) is 4.44. The molecule has 0 spiro atoms. The maximum absolute atomic E-state index is 12.5. The lowest BCUT2D eigenvalue weighted by Crippen LogP contribution is -2.36. The number of hydrogen-bond acceptors (Lipinski definition) is 4. The molecule has 2 rings (SSSR count). The van der Waals surface area contributed by atoms with Gasteiger partial charge in [-0.15, -0.1) is 0 Å². The van der Waals surface area contributed by atoms with Gasteiger partial charge in [0.15, 0.2) is 0 Å². The molecule has 0 aromatic heterocycles. The molecule has 0 radical (unpaired) electrons. The van der Waals surface area contributed by atoms with E-state index in [0.29, 0.717) is 18.5 Å². The number of anilines is 1. The summed E-state index contributed by atoms with van der Waals surface area (Å²) in [6.07, 6.45) is 4.49. The van der Waals surface area contributed by atoms with Gasteiger partial charge in [0.2, 0.25) is 5.91 Å². The summed E-state index contributed by atoms with van der Waals surface area (Å²) in [7, 11) is 0. The molecule has 0 unspecified atom stereocenters. The molecule has 1 aliphatic rings. The smallest absolute Gasteiger partial charge is 0.335 e. The zero-order valence-electron chi connectivity index (χ0n) is 13.7. The minimum Gasteiger partial charge on any atom is -0.478 e. The first kappa shape index (κ1) is 17.7. The number of rotatable bonds is 5. The summed E-state index contributed by atoms with van der Waals surface area (Å²) in [6, 6.07) is 5.90. The van der Waals surface area contributed by atoms with Crippen molar-refractivity contribution in [3.63, 3.8) is 0 Å². The quantitative estimate of drug-likeness (QED) is 0.639. The van der Waals surface area contributed by atoms with Crippen LogP contribution in [-0.2, 0) is 14.3 Å². The predicted molar refractivity (Wildman–Crippen MR) is 88.6 cm³/mol. The van der Waals surface area contributed by atoms with Gasteiger partial charge in [-0.1, -0.05) is 12.2 Å². The van der Waals surface area contributed by atoms with E-state index >= 15 is 0 Å². The highest BCUT2D eigenvalue weighted by atomic mass is 16.5. The van der Waals surface area contributed by atoms with E-state index in [-0.39, 0.29) is 23.5 Å². The normalized spacial score (nSPS) is 19.8. The Morgan fingerprint density at radius 3 is 2.21 bits per heavy atom. The Morgan fingerprint density at radius 2 is 1.67 bits per heavy atom. The van der Waals surface area contributed by atoms with Crippen molar-refractivity contribution in [3.8, 4) is 0 Å². The van der Waals surface area contributed by atoms with Crippen LogP contribution in [-0.4, -0.2) is 29.1 Å². The van der Waals surface area contributed by atoms with Gasteiger partial charge >= 0.3 is 11.9 Å². The fraction of sp³-hybridized carbons (Fsp3) is 0.389. The molecule has 0 saturated heterocycles. The lowest BCUT2D eigenvalue weighted by atomic mass is 9.82. The van der Waals surface area contributed by atoms with Crippen molar-refractivity contribution in [2.75, 3.05) is 5.32 Å². The Balaban J connectivity index is 2.07. The predicted octanol–water partition coefficient (Wildman–Crippen LogP) is 2.86. The van der Waals surface area contributed by atoms with Crippen molar-refractivity contribution in [2.24, 2.45) is 11.8 Å². The fourth-order valence-corrected chi connectivity index (χ4v) is 2.62. The van der Waals surface area contributed by atoms with Gasteiger partial charge in [-0.2, -0.15) is 0 Å². The van der Waals surface area contributed by atoms with E-state index in [4.69, 9.17) is 9.84 Å². The SMILES string of the molecule is CC(C)OC(=O)[C@@H]1CC=CC[C@H]1C(=O)Nc1ccc(C(=O)O)cc1. The second-order valence-electron chi connectivity index (χ2n) is 6.01. The molecule has 6 heteroatoms. The van der Waals surface area contributed by atoms with Crippen molar-refractivity contribution in [2.45, 2.75) is 32.8 Å². The molecule has 0 aliphatic heterocycles. The monoisotopic (exact) mass is 331 g/mol. The summed E-state index contributed by atoms with van der Waals surface area (Å²) in [5.74, 6) is -2.67. The Bertz CT molecular complexity index is 648. The van der Waals surface area contributed by atoms with Crippen molar-refractivity contribution < 1.29 is 24.2 Å². The first-order valence-corrected chi connectivity index (χ1v) is 7.88. The first-order valence-electron chi connectivity index (χ1n) is 7.88. The summed E-state index contributed by atoms with van der Waals surface area (Å²) < 4.78 is 5.24. The van der Waals surface area contributed by atoms with Crippen LogP contribution in [0, 0.1) is 11.8 Å². The summed E-state index contributed by atoms with van der Waals surface area (Å²) in [4.78, 5) is 35.6. The number of carboxylic acids is 1. The number of esters is 1. The number of carboxylic acid groups (broad SMARTS) is 1. The number of carbonyl (C=O) groups excluding carboxylic acids is 2. The van der Waals surface area contributed by atoms with Crippen molar-refractivity contribution in [1.82, 2.24) is 0 Å². The van der Waals surface area contributed by atoms with Crippen LogP contribution < -0.4 is 5.32 Å². The minimum atomic E-state index is -1.03. The van der Waals surface area contributed by atoms with E-state index in [0.717, 1.165) is 0 Å². The van der Waals surface area contributed by atoms with Crippen LogP contribution in [0.3, 0.4) is 0 Å². The third-order valence-corrected chi connectivity index (χ3v) is 3.82. The molecule has 2 atom stereocenters. The second-order valence-corrected chi connectivity index (χ2v) is 6.01. The van der Waals surface area contributed by atoms with Crippen LogP contribution in [0.5, 0.6) is 0 Å². The zero-order chi connectivity index (χ0) is 17.7. The minimum absolute atomic E-state index is 0.145. The molecular weight excluding hydrogens is 310 g/mol. The number of benzene rings is 1. The highest BCUT2D eigenvalue weighted by Crippen LogP contribution is 2.28. The molecule has 0 bridgehead atoms. The molecule has 128 valence electrons. The Hall–Kier alpha value is -2.63. The van der Waals surface area contributed by atoms with Crippen LogP contribution >= 0.6 is 0 Å². The summed E-state index contributed by atoms with van der Waals surface area (Å²) >= 11 is 0. The Morgan fingerprint density at radius 1 is 1.08 bits per heavy atom. The van der Waals surface area contributed by atoms with E-state index in [9.17, 15) is 14.4 Å². The molecule has 1 aliphatic carbocycles. The van der Waals surface area contributed by atoms with Crippen molar-refractivity contribution in [1.29, 1.82) is 0 Å². The second kappa shape index (κ2) is 7.77. The summed E-state index contributed by atoms with van der Waals surface area (Å²) in [6.45, 7) is 3.55. The topological polar surface area (TPSA) is 92.7 Å². The van der Waals surface area contributed by atoms with E-state index in [2.05, 4.69) is 5.32 Å². The van der Waals surface area contributed by atoms with Crippen molar-refractivity contribution in [3.05, 3.63) is 42.0 Å². The van der Waals surface area contributed by atoms with Gasteiger partial charge in [-0.3, -0.25) is 9.59 Å². The average molecular weight is 331 g/mol. The van der Waals surface area contributed by atoms with Crippen LogP contribution in [0.2, 0.25) is 0 Å². The van der Waals surface area contributed by atoms with Gasteiger partial charge in [0.1, 0.15) is 0 Å². The number of hydrogen-bond donors (Lipinski definition) is 2. The Labute approximate surface area is 140 Å². The lowest BCUT2D eigenvalue weighted by molar-refractivity contribution is -0.156. The third-order valence-electron chi connectivity index (χ3n) is 3.82. The maximum atomic E-state index is 12.5. The summed E-state index contributed by atoms with van der Waals surface area (Å²) in [5, 5.41) is 11.6. The van der Waals surface area contributed by atoms with Gasteiger partial charge in [0.05, 0.1) is 23.5 Å². The standard InChI is InChI=1S/C18H21NO5/c1-11(2)24-18(23)15-6-4-3-5-14(15)16(20)19-13-9-7-12(8-10-13)17(21)22/h3-4,7-11,14-15H,5-6H2,1-2H3,(H,19,20)(H,21,22)/t14-,15-/m1/s1. The van der Waals surface area contributed by atoms with Gasteiger partial charge in [0, 0.05) is 5.69 Å². The van der Waals surface area contributed by atoms with Gasteiger partial charge in [0.25, 0.3) is 0 Å². The number of carbonyl (C=O) groups is 3. The molecule has 6 nitrogen and oxygen atoms in total. The molecule has 1 aromatic rings.